The molecule has 44 heavy (non-hydrogen) atoms. The molecule has 2 N–H and O–H groups in total. The second-order valence-electron chi connectivity index (χ2n) is 12.3. The van der Waals surface area contributed by atoms with E-state index in [4.69, 9.17) is 14.5 Å². The predicted octanol–water partition coefficient (Wildman–Crippen LogP) is 4.40. The summed E-state index contributed by atoms with van der Waals surface area (Å²) in [5, 5.41) is 7.36. The molecule has 4 heterocycles. The fourth-order valence-corrected chi connectivity index (χ4v) is 7.05. The average Bonchev–Trinajstić information content (AvgIpc) is 3.10. The van der Waals surface area contributed by atoms with Gasteiger partial charge in [0.15, 0.2) is 11.5 Å². The van der Waals surface area contributed by atoms with Crippen LogP contribution in [0, 0.1) is 0 Å². The van der Waals surface area contributed by atoms with Crippen LogP contribution >= 0.6 is 0 Å². The zero-order valence-corrected chi connectivity index (χ0v) is 26.4. The molecule has 3 fully saturated rings. The molecule has 0 spiro atoms. The highest BCUT2D eigenvalue weighted by molar-refractivity contribution is 6.08. The Morgan fingerprint density at radius 2 is 1.61 bits per heavy atom. The average molecular weight is 601 g/mol. The highest BCUT2D eigenvalue weighted by atomic mass is 16.5. The van der Waals surface area contributed by atoms with Crippen molar-refractivity contribution < 1.29 is 14.3 Å². The van der Waals surface area contributed by atoms with Gasteiger partial charge in [0.05, 0.1) is 31.0 Å². The molecule has 9 nitrogen and oxygen atoms in total. The van der Waals surface area contributed by atoms with E-state index in [0.29, 0.717) is 29.1 Å². The molecule has 1 aromatic heterocycles. The SMILES string of the molecule is COc1cc2nc(-c3ccc(N4CCNCC4)cc3)cc(C(=O)NCCCN3CCC(N4CCCCC4)CC3)c2cc1OC. The Morgan fingerprint density at radius 3 is 2.32 bits per heavy atom. The van der Waals surface area contributed by atoms with Crippen LogP contribution in [0.5, 0.6) is 11.5 Å². The summed E-state index contributed by atoms with van der Waals surface area (Å²) >= 11 is 0. The minimum absolute atomic E-state index is 0.0906. The van der Waals surface area contributed by atoms with E-state index in [1.54, 1.807) is 14.2 Å². The van der Waals surface area contributed by atoms with Gasteiger partial charge in [0.2, 0.25) is 0 Å². The highest BCUT2D eigenvalue weighted by Gasteiger charge is 2.25. The first kappa shape index (κ1) is 30.6. The van der Waals surface area contributed by atoms with E-state index in [0.717, 1.165) is 74.9 Å². The van der Waals surface area contributed by atoms with Crippen molar-refractivity contribution in [2.24, 2.45) is 0 Å². The van der Waals surface area contributed by atoms with Gasteiger partial charge in [-0.05, 0) is 89.1 Å². The minimum Gasteiger partial charge on any atom is -0.493 e. The van der Waals surface area contributed by atoms with E-state index >= 15 is 0 Å². The number of nitrogens with zero attached hydrogens (tertiary/aromatic N) is 4. The summed E-state index contributed by atoms with van der Waals surface area (Å²) in [7, 11) is 3.23. The van der Waals surface area contributed by atoms with E-state index in [1.165, 1.54) is 50.9 Å². The molecule has 3 aliphatic rings. The number of aromatic nitrogens is 1. The Kier molecular flexibility index (Phi) is 10.2. The number of pyridine rings is 1. The molecular formula is C35H48N6O3. The molecule has 3 saturated heterocycles. The molecule has 0 bridgehead atoms. The van der Waals surface area contributed by atoms with Crippen molar-refractivity contribution in [1.29, 1.82) is 0 Å². The first-order valence-corrected chi connectivity index (χ1v) is 16.5. The first-order chi connectivity index (χ1) is 21.6. The van der Waals surface area contributed by atoms with Crippen LogP contribution in [-0.2, 0) is 0 Å². The Bertz CT molecular complexity index is 1390. The summed E-state index contributed by atoms with van der Waals surface area (Å²) in [5.41, 5.74) is 4.24. The molecule has 3 aromatic rings. The van der Waals surface area contributed by atoms with Crippen LogP contribution in [0.3, 0.4) is 0 Å². The van der Waals surface area contributed by atoms with Crippen molar-refractivity contribution in [1.82, 2.24) is 25.4 Å². The van der Waals surface area contributed by atoms with Gasteiger partial charge in [0.25, 0.3) is 5.91 Å². The van der Waals surface area contributed by atoms with Gasteiger partial charge < -0.3 is 34.8 Å². The van der Waals surface area contributed by atoms with Gasteiger partial charge in [-0.1, -0.05) is 18.6 Å². The number of hydrogen-bond donors (Lipinski definition) is 2. The summed E-state index contributed by atoms with van der Waals surface area (Å²) in [4.78, 5) is 26.3. The number of piperidine rings is 2. The second-order valence-corrected chi connectivity index (χ2v) is 12.3. The van der Waals surface area contributed by atoms with Crippen LogP contribution in [0.2, 0.25) is 0 Å². The fraction of sp³-hybridized carbons (Fsp3) is 0.543. The summed E-state index contributed by atoms with van der Waals surface area (Å²) in [6, 6.07) is 14.9. The monoisotopic (exact) mass is 600 g/mol. The van der Waals surface area contributed by atoms with Crippen LogP contribution < -0.4 is 25.0 Å². The number of fused-ring (bicyclic) bond motifs is 1. The van der Waals surface area contributed by atoms with Crippen LogP contribution in [0.25, 0.3) is 22.2 Å². The zero-order chi connectivity index (χ0) is 30.3. The number of nitrogens with one attached hydrogen (secondary N) is 2. The third kappa shape index (κ3) is 7.11. The Balaban J connectivity index is 1.13. The number of carbonyl (C=O) groups excluding carboxylic acids is 1. The second kappa shape index (κ2) is 14.6. The normalized spacial score (nSPS) is 18.8. The number of benzene rings is 2. The predicted molar refractivity (Wildman–Crippen MR) is 177 cm³/mol. The molecule has 6 rings (SSSR count). The van der Waals surface area contributed by atoms with Crippen LogP contribution in [0.15, 0.2) is 42.5 Å². The third-order valence-corrected chi connectivity index (χ3v) is 9.60. The zero-order valence-electron chi connectivity index (χ0n) is 26.4. The Morgan fingerprint density at radius 1 is 0.909 bits per heavy atom. The van der Waals surface area contributed by atoms with E-state index in [1.807, 2.05) is 18.2 Å². The lowest BCUT2D eigenvalue weighted by Gasteiger charge is -2.40. The lowest BCUT2D eigenvalue weighted by Crippen LogP contribution is -2.47. The van der Waals surface area contributed by atoms with Gasteiger partial charge >= 0.3 is 0 Å². The van der Waals surface area contributed by atoms with Crippen LogP contribution in [-0.4, -0.2) is 106 Å². The number of carbonyl (C=O) groups is 1. The van der Waals surface area contributed by atoms with E-state index in [2.05, 4.69) is 49.6 Å². The number of amides is 1. The molecule has 236 valence electrons. The standard InChI is InChI=1S/C35H48N6O3/c1-43-33-24-29-30(35(42)37-13-6-16-39-19-11-28(12-20-39)40-17-4-3-5-18-40)23-31(38-32(29)25-34(33)44-2)26-7-9-27(10-8-26)41-21-14-36-15-22-41/h7-10,23-25,28,36H,3-6,11-22H2,1-2H3,(H,37,42). The lowest BCUT2D eigenvalue weighted by molar-refractivity contribution is 0.0903. The number of likely N-dealkylation sites (tertiary alicyclic amines) is 2. The summed E-state index contributed by atoms with van der Waals surface area (Å²) in [5.74, 6) is 1.08. The van der Waals surface area contributed by atoms with Gasteiger partial charge in [0.1, 0.15) is 0 Å². The van der Waals surface area contributed by atoms with Crippen molar-refractivity contribution >= 4 is 22.5 Å². The molecule has 9 heteroatoms. The largest absolute Gasteiger partial charge is 0.493 e. The number of methoxy groups -OCH3 is 2. The molecule has 0 radical (unpaired) electrons. The smallest absolute Gasteiger partial charge is 0.252 e. The quantitative estimate of drug-likeness (QED) is 0.332. The Labute approximate surface area is 261 Å². The highest BCUT2D eigenvalue weighted by Crippen LogP contribution is 2.35. The van der Waals surface area contributed by atoms with E-state index < -0.39 is 0 Å². The molecule has 3 aliphatic heterocycles. The molecule has 2 aromatic carbocycles. The molecule has 0 atom stereocenters. The first-order valence-electron chi connectivity index (χ1n) is 16.5. The number of anilines is 1. The van der Waals surface area contributed by atoms with Crippen LogP contribution in [0.4, 0.5) is 5.69 Å². The van der Waals surface area contributed by atoms with Crippen molar-refractivity contribution in [3.8, 4) is 22.8 Å². The topological polar surface area (TPSA) is 82.2 Å². The number of hydrogen-bond acceptors (Lipinski definition) is 8. The molecule has 1 amide bonds. The maximum absolute atomic E-state index is 13.7. The number of piperazine rings is 1. The maximum atomic E-state index is 13.7. The summed E-state index contributed by atoms with van der Waals surface area (Å²) < 4.78 is 11.1. The maximum Gasteiger partial charge on any atom is 0.252 e. The van der Waals surface area contributed by atoms with E-state index in [9.17, 15) is 4.79 Å². The number of ether oxygens (including phenoxy) is 2. The molecule has 0 saturated carbocycles. The van der Waals surface area contributed by atoms with Crippen molar-refractivity contribution in [3.63, 3.8) is 0 Å². The van der Waals surface area contributed by atoms with E-state index in [-0.39, 0.29) is 5.91 Å². The molecule has 0 aliphatic carbocycles. The minimum atomic E-state index is -0.0906. The van der Waals surface area contributed by atoms with Gasteiger partial charge in [-0.3, -0.25) is 4.79 Å². The summed E-state index contributed by atoms with van der Waals surface area (Å²) in [6.07, 6.45) is 7.57. The van der Waals surface area contributed by atoms with Gasteiger partial charge in [0, 0.05) is 61.5 Å². The third-order valence-electron chi connectivity index (χ3n) is 9.60. The van der Waals surface area contributed by atoms with Crippen molar-refractivity contribution in [2.75, 3.05) is 84.6 Å². The van der Waals surface area contributed by atoms with Gasteiger partial charge in [-0.15, -0.1) is 0 Å². The van der Waals surface area contributed by atoms with Crippen molar-refractivity contribution in [2.45, 2.75) is 44.6 Å². The molecular weight excluding hydrogens is 552 g/mol. The van der Waals surface area contributed by atoms with Crippen molar-refractivity contribution in [3.05, 3.63) is 48.0 Å². The molecule has 0 unspecified atom stereocenters. The Hall–Kier alpha value is -3.40. The van der Waals surface area contributed by atoms with Crippen LogP contribution in [0.1, 0.15) is 48.9 Å². The number of rotatable bonds is 10. The fourth-order valence-electron chi connectivity index (χ4n) is 7.05. The van der Waals surface area contributed by atoms with Gasteiger partial charge in [-0.25, -0.2) is 4.98 Å². The van der Waals surface area contributed by atoms with Gasteiger partial charge in [-0.2, -0.15) is 0 Å². The lowest BCUT2D eigenvalue weighted by atomic mass is 10.00. The summed E-state index contributed by atoms with van der Waals surface area (Å²) in [6.45, 7) is 10.5.